The van der Waals surface area contributed by atoms with Crippen LogP contribution in [0, 0.1) is 11.3 Å². The van der Waals surface area contributed by atoms with Crippen molar-refractivity contribution >= 4 is 19.6 Å². The molecule has 2 nitrogen and oxygen atoms in total. The van der Waals surface area contributed by atoms with Crippen LogP contribution < -0.4 is 5.32 Å². The Kier molecular flexibility index (Phi) is 4.32. The van der Waals surface area contributed by atoms with E-state index < -0.39 is 0 Å². The molecule has 0 aliphatic carbocycles. The largest absolute Gasteiger partial charge is 0.364 e. The molecular weight excluding hydrogens is 203 g/mol. The molecule has 1 aliphatic rings. The van der Waals surface area contributed by atoms with Crippen molar-refractivity contribution in [2.24, 2.45) is 0 Å². The molecule has 0 aromatic rings. The van der Waals surface area contributed by atoms with Crippen molar-refractivity contribution in [3.05, 3.63) is 45.4 Å². The molecule has 1 heterocycles. The maximum absolute atomic E-state index is 8.84. The van der Waals surface area contributed by atoms with Gasteiger partial charge in [-0.1, -0.05) is 10.9 Å². The fourth-order valence-corrected chi connectivity index (χ4v) is 1.68. The van der Waals surface area contributed by atoms with Crippen LogP contribution in [0.15, 0.2) is 45.4 Å². The van der Waals surface area contributed by atoms with E-state index in [1.54, 1.807) is 12.3 Å². The lowest BCUT2D eigenvalue weighted by atomic mass is 10.1. The lowest BCUT2D eigenvalue weighted by Crippen LogP contribution is -2.02. The van der Waals surface area contributed by atoms with Crippen LogP contribution in [0.1, 0.15) is 13.8 Å². The standard InChI is InChI=1S/C11H11BN2S/c1-8-3-4-9(2)15-11(12)5-10(6-13)7-14-8/h3-5,7,14H,1-2H3/b8-3-,9-4-,10-7-,11-5-. The second-order valence-electron chi connectivity index (χ2n) is 3.13. The van der Waals surface area contributed by atoms with E-state index in [-0.39, 0.29) is 0 Å². The molecular formula is C11H11BN2S. The summed E-state index contributed by atoms with van der Waals surface area (Å²) in [5.74, 6) is 0. The molecule has 74 valence electrons. The molecule has 0 atom stereocenters. The molecule has 0 amide bonds. The summed E-state index contributed by atoms with van der Waals surface area (Å²) in [5, 5.41) is 11.9. The molecule has 0 aromatic carbocycles. The Bertz CT molecular complexity index is 411. The number of nitrogens with zero attached hydrogens (tertiary/aromatic N) is 1. The molecule has 2 radical (unpaired) electrons. The van der Waals surface area contributed by atoms with E-state index in [9.17, 15) is 0 Å². The maximum Gasteiger partial charge on any atom is 0.123 e. The highest BCUT2D eigenvalue weighted by molar-refractivity contribution is 8.08. The van der Waals surface area contributed by atoms with E-state index in [1.807, 2.05) is 26.0 Å². The summed E-state index contributed by atoms with van der Waals surface area (Å²) in [6, 6.07) is 2.07. The first-order chi connectivity index (χ1) is 7.11. The van der Waals surface area contributed by atoms with Gasteiger partial charge in [-0.05, 0) is 30.9 Å². The smallest absolute Gasteiger partial charge is 0.123 e. The van der Waals surface area contributed by atoms with Gasteiger partial charge in [0.1, 0.15) is 13.9 Å². The average molecular weight is 214 g/mol. The van der Waals surface area contributed by atoms with Crippen molar-refractivity contribution in [3.8, 4) is 6.07 Å². The minimum atomic E-state index is 0.516. The maximum atomic E-state index is 8.84. The van der Waals surface area contributed by atoms with E-state index in [0.29, 0.717) is 10.4 Å². The van der Waals surface area contributed by atoms with Gasteiger partial charge in [0.2, 0.25) is 0 Å². The second kappa shape index (κ2) is 5.52. The second-order valence-corrected chi connectivity index (χ2v) is 4.45. The number of nitrogens with one attached hydrogen (secondary N) is 1. The monoisotopic (exact) mass is 214 g/mol. The lowest BCUT2D eigenvalue weighted by molar-refractivity contribution is 1.05. The molecule has 4 heteroatoms. The minimum absolute atomic E-state index is 0.516. The predicted octanol–water partition coefficient (Wildman–Crippen LogP) is 2.55. The van der Waals surface area contributed by atoms with Gasteiger partial charge in [-0.15, -0.1) is 11.8 Å². The first-order valence-electron chi connectivity index (χ1n) is 4.49. The van der Waals surface area contributed by atoms with Crippen molar-refractivity contribution in [2.75, 3.05) is 0 Å². The van der Waals surface area contributed by atoms with Gasteiger partial charge in [-0.25, -0.2) is 0 Å². The van der Waals surface area contributed by atoms with Crippen LogP contribution >= 0.6 is 11.8 Å². The summed E-state index contributed by atoms with van der Waals surface area (Å²) in [6.07, 6.45) is 7.24. The fraction of sp³-hybridized carbons (Fsp3) is 0.182. The van der Waals surface area contributed by atoms with Crippen molar-refractivity contribution in [2.45, 2.75) is 13.8 Å². The summed E-state index contributed by atoms with van der Waals surface area (Å²) in [6.45, 7) is 3.92. The number of thioether (sulfide) groups is 1. The van der Waals surface area contributed by atoms with Crippen LogP contribution in [-0.2, 0) is 0 Å². The molecule has 1 aliphatic heterocycles. The summed E-state index contributed by atoms with van der Waals surface area (Å²) < 4.78 is 0. The van der Waals surface area contributed by atoms with Gasteiger partial charge in [-0.2, -0.15) is 5.26 Å². The summed E-state index contributed by atoms with van der Waals surface area (Å²) in [5.41, 5.74) is 1.50. The highest BCUT2D eigenvalue weighted by atomic mass is 32.2. The average Bonchev–Trinajstić information content (AvgIpc) is 2.20. The Morgan fingerprint density at radius 2 is 2.13 bits per heavy atom. The Balaban J connectivity index is 3.03. The SMILES string of the molecule is [B]/C1=C/C(C#N)=C/N/C(C)=C\C=C(\C)S1. The number of hydrogen-bond acceptors (Lipinski definition) is 3. The summed E-state index contributed by atoms with van der Waals surface area (Å²) in [4.78, 5) is 1.70. The molecule has 1 N–H and O–H groups in total. The Hall–Kier alpha value is -1.34. The number of hydrogen-bond donors (Lipinski definition) is 1. The minimum Gasteiger partial charge on any atom is -0.364 e. The Morgan fingerprint density at radius 1 is 1.40 bits per heavy atom. The third kappa shape index (κ3) is 4.13. The van der Waals surface area contributed by atoms with Crippen molar-refractivity contribution in [1.82, 2.24) is 5.32 Å². The molecule has 15 heavy (non-hydrogen) atoms. The van der Waals surface area contributed by atoms with Crippen LogP contribution in [0.5, 0.6) is 0 Å². The molecule has 0 fully saturated rings. The van der Waals surface area contributed by atoms with Crippen molar-refractivity contribution in [1.29, 1.82) is 5.26 Å². The zero-order valence-corrected chi connectivity index (χ0v) is 9.56. The van der Waals surface area contributed by atoms with Crippen LogP contribution in [0.4, 0.5) is 0 Å². The van der Waals surface area contributed by atoms with Crippen molar-refractivity contribution < 1.29 is 0 Å². The molecule has 0 spiro atoms. The van der Waals surface area contributed by atoms with Crippen LogP contribution in [0.25, 0.3) is 0 Å². The molecule has 0 saturated carbocycles. The molecule has 1 rings (SSSR count). The molecule has 0 bridgehead atoms. The number of rotatable bonds is 0. The highest BCUT2D eigenvalue weighted by Gasteiger charge is 1.98. The van der Waals surface area contributed by atoms with Gasteiger partial charge in [0.05, 0.1) is 5.57 Å². The Morgan fingerprint density at radius 3 is 2.80 bits per heavy atom. The predicted molar refractivity (Wildman–Crippen MR) is 65.8 cm³/mol. The van der Waals surface area contributed by atoms with Gasteiger partial charge >= 0.3 is 0 Å². The van der Waals surface area contributed by atoms with E-state index in [0.717, 1.165) is 10.6 Å². The highest BCUT2D eigenvalue weighted by Crippen LogP contribution is 2.23. The van der Waals surface area contributed by atoms with E-state index in [1.165, 1.54) is 11.8 Å². The topological polar surface area (TPSA) is 35.8 Å². The first kappa shape index (κ1) is 11.7. The zero-order valence-electron chi connectivity index (χ0n) is 8.74. The van der Waals surface area contributed by atoms with Gasteiger partial charge in [0.15, 0.2) is 0 Å². The third-order valence-electron chi connectivity index (χ3n) is 1.73. The Labute approximate surface area is 95.8 Å². The van der Waals surface area contributed by atoms with E-state index in [4.69, 9.17) is 13.1 Å². The van der Waals surface area contributed by atoms with Crippen LogP contribution in [0.3, 0.4) is 0 Å². The van der Waals surface area contributed by atoms with Gasteiger partial charge in [0, 0.05) is 11.9 Å². The fourth-order valence-electron chi connectivity index (χ4n) is 0.991. The van der Waals surface area contributed by atoms with E-state index in [2.05, 4.69) is 11.4 Å². The summed E-state index contributed by atoms with van der Waals surface area (Å²) >= 11 is 1.45. The number of nitriles is 1. The third-order valence-corrected chi connectivity index (χ3v) is 2.54. The molecule has 0 saturated heterocycles. The quantitative estimate of drug-likeness (QED) is 0.629. The molecule has 0 unspecified atom stereocenters. The number of allylic oxidation sites excluding steroid dienone is 6. The molecule has 0 aromatic heterocycles. The zero-order chi connectivity index (χ0) is 11.3. The van der Waals surface area contributed by atoms with Gasteiger partial charge in [0.25, 0.3) is 0 Å². The lowest BCUT2D eigenvalue weighted by Gasteiger charge is -2.05. The first-order valence-corrected chi connectivity index (χ1v) is 5.30. The van der Waals surface area contributed by atoms with E-state index >= 15 is 0 Å². The van der Waals surface area contributed by atoms with Gasteiger partial charge < -0.3 is 5.32 Å². The van der Waals surface area contributed by atoms with Crippen LogP contribution in [-0.4, -0.2) is 7.85 Å². The summed E-state index contributed by atoms with van der Waals surface area (Å²) in [7, 11) is 5.76. The normalized spacial score (nSPS) is 31.3. The van der Waals surface area contributed by atoms with Crippen LogP contribution in [0.2, 0.25) is 0 Å². The van der Waals surface area contributed by atoms with Crippen molar-refractivity contribution in [3.63, 3.8) is 0 Å². The van der Waals surface area contributed by atoms with Gasteiger partial charge in [-0.3, -0.25) is 0 Å².